The van der Waals surface area contributed by atoms with Crippen LogP contribution in [0.1, 0.15) is 38.5 Å². The predicted octanol–water partition coefficient (Wildman–Crippen LogP) is 1.40. The first kappa shape index (κ1) is 14.7. The van der Waals surface area contributed by atoms with Crippen LogP contribution in [0.2, 0.25) is 0 Å². The van der Waals surface area contributed by atoms with Gasteiger partial charge in [-0.3, -0.25) is 0 Å². The Morgan fingerprint density at radius 1 is 1.12 bits per heavy atom. The third kappa shape index (κ3) is 6.81. The predicted molar refractivity (Wildman–Crippen MR) is 71.5 cm³/mol. The minimum atomic E-state index is -3.15. The van der Waals surface area contributed by atoms with Gasteiger partial charge in [-0.05, 0) is 12.8 Å². The molecular weight excluding hydrogens is 236 g/mol. The smallest absolute Gasteiger partial charge is 0.215 e. The minimum absolute atomic E-state index is 0.00354. The fourth-order valence-corrected chi connectivity index (χ4v) is 3.02. The molecule has 1 aliphatic carbocycles. The first-order chi connectivity index (χ1) is 8.14. The van der Waals surface area contributed by atoms with Gasteiger partial charge in [0, 0.05) is 19.1 Å². The monoisotopic (exact) mass is 260 g/mol. The quantitative estimate of drug-likeness (QED) is 0.413. The van der Waals surface area contributed by atoms with Crippen LogP contribution in [-0.2, 0) is 10.0 Å². The molecule has 5 heteroatoms. The highest BCUT2D eigenvalue weighted by molar-refractivity contribution is 7.89. The Hall–Kier alpha value is -0.390. The Labute approximate surface area is 105 Å². The van der Waals surface area contributed by atoms with Gasteiger partial charge < -0.3 is 5.32 Å². The lowest BCUT2D eigenvalue weighted by molar-refractivity contribution is 0.461. The van der Waals surface area contributed by atoms with Crippen molar-refractivity contribution < 1.29 is 8.42 Å². The van der Waals surface area contributed by atoms with Gasteiger partial charge in [-0.2, -0.15) is 0 Å². The van der Waals surface area contributed by atoms with E-state index in [1.54, 1.807) is 0 Å². The molecule has 0 unspecified atom stereocenters. The van der Waals surface area contributed by atoms with Crippen molar-refractivity contribution >= 4 is 10.0 Å². The third-order valence-electron chi connectivity index (χ3n) is 3.07. The lowest BCUT2D eigenvalue weighted by Crippen LogP contribution is -2.37. The Kier molecular flexibility index (Phi) is 6.77. The number of hydrogen-bond donors (Lipinski definition) is 2. The average Bonchev–Trinajstić information content (AvgIpc) is 2.53. The van der Waals surface area contributed by atoms with E-state index in [-0.39, 0.29) is 5.75 Å². The topological polar surface area (TPSA) is 58.2 Å². The van der Waals surface area contributed by atoms with Crippen LogP contribution in [0.3, 0.4) is 0 Å². The number of rotatable bonds is 7. The first-order valence-corrected chi connectivity index (χ1v) is 8.11. The summed E-state index contributed by atoms with van der Waals surface area (Å²) < 4.78 is 25.2. The summed E-state index contributed by atoms with van der Waals surface area (Å²) >= 11 is 0. The highest BCUT2D eigenvalue weighted by atomic mass is 32.2. The van der Waals surface area contributed by atoms with Gasteiger partial charge >= 0.3 is 0 Å². The molecule has 1 rings (SSSR count). The molecule has 1 aliphatic rings. The molecule has 0 aliphatic heterocycles. The molecule has 0 bridgehead atoms. The molecule has 1 fully saturated rings. The Bertz CT molecular complexity index is 306. The van der Waals surface area contributed by atoms with Gasteiger partial charge in [0.15, 0.2) is 0 Å². The minimum Gasteiger partial charge on any atom is -0.313 e. The SMILES string of the molecule is C=CCS(=O)(=O)NCCNC1CCCCCC1. The van der Waals surface area contributed by atoms with Gasteiger partial charge in [-0.25, -0.2) is 13.1 Å². The van der Waals surface area contributed by atoms with Crippen molar-refractivity contribution in [2.45, 2.75) is 44.6 Å². The molecule has 4 nitrogen and oxygen atoms in total. The second kappa shape index (κ2) is 7.84. The zero-order valence-electron chi connectivity index (χ0n) is 10.5. The highest BCUT2D eigenvalue weighted by Gasteiger charge is 2.11. The molecule has 17 heavy (non-hydrogen) atoms. The second-order valence-electron chi connectivity index (χ2n) is 4.61. The van der Waals surface area contributed by atoms with Crippen molar-refractivity contribution in [3.05, 3.63) is 12.7 Å². The largest absolute Gasteiger partial charge is 0.313 e. The molecule has 0 radical (unpaired) electrons. The van der Waals surface area contributed by atoms with Crippen molar-refractivity contribution in [2.75, 3.05) is 18.8 Å². The summed E-state index contributed by atoms with van der Waals surface area (Å²) in [6.07, 6.45) is 9.11. The van der Waals surface area contributed by atoms with E-state index in [2.05, 4.69) is 16.6 Å². The maximum Gasteiger partial charge on any atom is 0.215 e. The van der Waals surface area contributed by atoms with Gasteiger partial charge in [0.05, 0.1) is 5.75 Å². The van der Waals surface area contributed by atoms with E-state index in [0.717, 1.165) is 0 Å². The molecular formula is C12H24N2O2S. The summed E-state index contributed by atoms with van der Waals surface area (Å²) in [5.74, 6) is -0.00354. The van der Waals surface area contributed by atoms with Crippen molar-refractivity contribution in [3.8, 4) is 0 Å². The molecule has 0 spiro atoms. The van der Waals surface area contributed by atoms with Crippen LogP contribution in [-0.4, -0.2) is 33.3 Å². The molecule has 100 valence electrons. The molecule has 0 amide bonds. The van der Waals surface area contributed by atoms with E-state index in [1.165, 1.54) is 44.6 Å². The van der Waals surface area contributed by atoms with Crippen molar-refractivity contribution in [3.63, 3.8) is 0 Å². The van der Waals surface area contributed by atoms with E-state index in [9.17, 15) is 8.42 Å². The Morgan fingerprint density at radius 2 is 1.76 bits per heavy atom. The molecule has 2 N–H and O–H groups in total. The lowest BCUT2D eigenvalue weighted by Gasteiger charge is -2.16. The molecule has 0 aromatic heterocycles. The first-order valence-electron chi connectivity index (χ1n) is 6.45. The molecule has 0 atom stereocenters. The standard InChI is InChI=1S/C12H24N2O2S/c1-2-11-17(15,16)14-10-9-13-12-7-5-3-4-6-8-12/h2,12-14H,1,3-11H2. The molecule has 1 saturated carbocycles. The maximum atomic E-state index is 11.3. The summed E-state index contributed by atoms with van der Waals surface area (Å²) in [5, 5.41) is 3.42. The molecule has 0 aromatic carbocycles. The maximum absolute atomic E-state index is 11.3. The van der Waals surface area contributed by atoms with Crippen LogP contribution in [0.5, 0.6) is 0 Å². The number of hydrogen-bond acceptors (Lipinski definition) is 3. The highest BCUT2D eigenvalue weighted by Crippen LogP contribution is 2.16. The van der Waals surface area contributed by atoms with E-state index < -0.39 is 10.0 Å². The summed E-state index contributed by atoms with van der Waals surface area (Å²) in [6.45, 7) is 4.60. The van der Waals surface area contributed by atoms with Crippen LogP contribution < -0.4 is 10.0 Å². The summed E-state index contributed by atoms with van der Waals surface area (Å²) in [6, 6.07) is 0.571. The van der Waals surface area contributed by atoms with E-state index in [1.807, 2.05) is 0 Å². The summed E-state index contributed by atoms with van der Waals surface area (Å²) in [5.41, 5.74) is 0. The van der Waals surface area contributed by atoms with Crippen LogP contribution in [0.4, 0.5) is 0 Å². The zero-order valence-corrected chi connectivity index (χ0v) is 11.3. The van der Waals surface area contributed by atoms with E-state index in [4.69, 9.17) is 0 Å². The number of nitrogens with one attached hydrogen (secondary N) is 2. The fourth-order valence-electron chi connectivity index (χ4n) is 2.18. The van der Waals surface area contributed by atoms with Gasteiger partial charge in [-0.1, -0.05) is 31.8 Å². The van der Waals surface area contributed by atoms with Crippen LogP contribution in [0, 0.1) is 0 Å². The van der Waals surface area contributed by atoms with Crippen molar-refractivity contribution in [1.29, 1.82) is 0 Å². The Balaban J connectivity index is 2.12. The summed E-state index contributed by atoms with van der Waals surface area (Å²) in [4.78, 5) is 0. The van der Waals surface area contributed by atoms with Crippen LogP contribution in [0.15, 0.2) is 12.7 Å². The third-order valence-corrected chi connectivity index (χ3v) is 4.39. The van der Waals surface area contributed by atoms with Crippen LogP contribution >= 0.6 is 0 Å². The van der Waals surface area contributed by atoms with E-state index in [0.29, 0.717) is 19.1 Å². The second-order valence-corrected chi connectivity index (χ2v) is 6.46. The normalized spacial score (nSPS) is 18.8. The molecule has 0 heterocycles. The average molecular weight is 260 g/mol. The molecule has 0 saturated heterocycles. The van der Waals surface area contributed by atoms with Gasteiger partial charge in [0.2, 0.25) is 10.0 Å². The van der Waals surface area contributed by atoms with Crippen molar-refractivity contribution in [1.82, 2.24) is 10.0 Å². The van der Waals surface area contributed by atoms with Crippen molar-refractivity contribution in [2.24, 2.45) is 0 Å². The van der Waals surface area contributed by atoms with Gasteiger partial charge in [0.25, 0.3) is 0 Å². The van der Waals surface area contributed by atoms with E-state index >= 15 is 0 Å². The fraction of sp³-hybridized carbons (Fsp3) is 0.833. The Morgan fingerprint density at radius 3 is 2.35 bits per heavy atom. The summed E-state index contributed by atoms with van der Waals surface area (Å²) in [7, 11) is -3.15. The lowest BCUT2D eigenvalue weighted by atomic mass is 10.1. The zero-order chi connectivity index (χ0) is 12.6. The van der Waals surface area contributed by atoms with Crippen LogP contribution in [0.25, 0.3) is 0 Å². The molecule has 0 aromatic rings. The number of sulfonamides is 1. The van der Waals surface area contributed by atoms with Gasteiger partial charge in [-0.15, -0.1) is 6.58 Å². The van der Waals surface area contributed by atoms with Gasteiger partial charge in [0.1, 0.15) is 0 Å².